The van der Waals surface area contributed by atoms with Crippen LogP contribution in [0.15, 0.2) is 42.6 Å². The molecule has 0 aliphatic carbocycles. The number of benzene rings is 1. The number of carbonyl (C=O) groups is 1. The van der Waals surface area contributed by atoms with Crippen molar-refractivity contribution in [1.82, 2.24) is 10.3 Å². The minimum absolute atomic E-state index is 0.0670. The molecule has 2 aromatic rings. The van der Waals surface area contributed by atoms with E-state index >= 15 is 0 Å². The standard InChI is InChI=1S/C17H17F3N2O2/c1-16(2,14-6-4-5-9-21-14)22-15(23)12-10-11(17(18,19)20)7-8-13(12)24-3/h4-10H,1-3H3,(H,22,23). The molecule has 0 saturated carbocycles. The minimum atomic E-state index is -4.54. The van der Waals surface area contributed by atoms with Gasteiger partial charge in [0.1, 0.15) is 5.75 Å². The summed E-state index contributed by atoms with van der Waals surface area (Å²) in [6.07, 6.45) is -2.97. The van der Waals surface area contributed by atoms with E-state index < -0.39 is 23.2 Å². The first-order valence-electron chi connectivity index (χ1n) is 7.14. The minimum Gasteiger partial charge on any atom is -0.496 e. The Hall–Kier alpha value is -2.57. The van der Waals surface area contributed by atoms with Gasteiger partial charge in [0.15, 0.2) is 0 Å². The van der Waals surface area contributed by atoms with Gasteiger partial charge in [0, 0.05) is 6.20 Å². The zero-order valence-electron chi connectivity index (χ0n) is 13.4. The number of pyridine rings is 1. The molecule has 0 radical (unpaired) electrons. The number of alkyl halides is 3. The summed E-state index contributed by atoms with van der Waals surface area (Å²) in [5.41, 5.74) is -1.37. The third kappa shape index (κ3) is 3.84. The Morgan fingerprint density at radius 3 is 2.42 bits per heavy atom. The number of nitrogens with zero attached hydrogens (tertiary/aromatic N) is 1. The summed E-state index contributed by atoms with van der Waals surface area (Å²) >= 11 is 0. The van der Waals surface area contributed by atoms with Gasteiger partial charge in [0.25, 0.3) is 5.91 Å². The van der Waals surface area contributed by atoms with Crippen LogP contribution in [0.1, 0.15) is 35.5 Å². The lowest BCUT2D eigenvalue weighted by Gasteiger charge is -2.26. The predicted molar refractivity (Wildman–Crippen MR) is 82.7 cm³/mol. The van der Waals surface area contributed by atoms with Crippen LogP contribution in [0.4, 0.5) is 13.2 Å². The van der Waals surface area contributed by atoms with Crippen molar-refractivity contribution < 1.29 is 22.7 Å². The number of methoxy groups -OCH3 is 1. The second-order valence-electron chi connectivity index (χ2n) is 5.71. The van der Waals surface area contributed by atoms with Crippen molar-refractivity contribution in [2.45, 2.75) is 25.6 Å². The van der Waals surface area contributed by atoms with E-state index in [0.717, 1.165) is 18.2 Å². The molecule has 2 rings (SSSR count). The average molecular weight is 338 g/mol. The molecule has 0 bridgehead atoms. The lowest BCUT2D eigenvalue weighted by atomic mass is 9.98. The van der Waals surface area contributed by atoms with E-state index in [2.05, 4.69) is 10.3 Å². The number of ether oxygens (including phenoxy) is 1. The van der Waals surface area contributed by atoms with E-state index in [9.17, 15) is 18.0 Å². The Labute approximate surface area is 137 Å². The number of aromatic nitrogens is 1. The molecule has 0 aliphatic rings. The highest BCUT2D eigenvalue weighted by Crippen LogP contribution is 2.33. The molecule has 0 spiro atoms. The van der Waals surface area contributed by atoms with Crippen molar-refractivity contribution in [3.8, 4) is 5.75 Å². The lowest BCUT2D eigenvalue weighted by Crippen LogP contribution is -2.41. The molecule has 4 nitrogen and oxygen atoms in total. The molecule has 0 saturated heterocycles. The molecule has 7 heteroatoms. The van der Waals surface area contributed by atoms with Crippen LogP contribution in [0, 0.1) is 0 Å². The Bertz CT molecular complexity index is 728. The van der Waals surface area contributed by atoms with Crippen LogP contribution in [0.25, 0.3) is 0 Å². The molecule has 1 aromatic heterocycles. The molecule has 0 aliphatic heterocycles. The van der Waals surface area contributed by atoms with Gasteiger partial charge in [-0.3, -0.25) is 9.78 Å². The van der Waals surface area contributed by atoms with Crippen molar-refractivity contribution in [2.75, 3.05) is 7.11 Å². The highest BCUT2D eigenvalue weighted by atomic mass is 19.4. The van der Waals surface area contributed by atoms with Crippen molar-refractivity contribution in [3.05, 3.63) is 59.4 Å². The molecular weight excluding hydrogens is 321 g/mol. The first-order chi connectivity index (χ1) is 11.1. The van der Waals surface area contributed by atoms with Gasteiger partial charge in [-0.05, 0) is 44.2 Å². The van der Waals surface area contributed by atoms with Crippen LogP contribution in [0.3, 0.4) is 0 Å². The van der Waals surface area contributed by atoms with E-state index in [1.807, 2.05) is 0 Å². The van der Waals surface area contributed by atoms with Crippen LogP contribution in [0.2, 0.25) is 0 Å². The second kappa shape index (κ2) is 6.51. The van der Waals surface area contributed by atoms with E-state index in [0.29, 0.717) is 5.69 Å². The van der Waals surface area contributed by atoms with Gasteiger partial charge >= 0.3 is 6.18 Å². The van der Waals surface area contributed by atoms with Gasteiger partial charge in [-0.1, -0.05) is 6.07 Å². The molecular formula is C17H17F3N2O2. The van der Waals surface area contributed by atoms with Crippen LogP contribution in [-0.4, -0.2) is 18.0 Å². The summed E-state index contributed by atoms with van der Waals surface area (Å²) in [5.74, 6) is -0.606. The average Bonchev–Trinajstić information content (AvgIpc) is 2.53. The van der Waals surface area contributed by atoms with Gasteiger partial charge in [-0.25, -0.2) is 0 Å². The van der Waals surface area contributed by atoms with Crippen molar-refractivity contribution in [1.29, 1.82) is 0 Å². The Morgan fingerprint density at radius 1 is 1.17 bits per heavy atom. The van der Waals surface area contributed by atoms with Gasteiger partial charge in [0.2, 0.25) is 0 Å². The Kier molecular flexibility index (Phi) is 4.82. The van der Waals surface area contributed by atoms with Crippen LogP contribution in [0.5, 0.6) is 5.75 Å². The SMILES string of the molecule is COc1ccc(C(F)(F)F)cc1C(=O)NC(C)(C)c1ccccn1. The fourth-order valence-electron chi connectivity index (χ4n) is 2.21. The molecule has 1 amide bonds. The maximum absolute atomic E-state index is 12.9. The first kappa shape index (κ1) is 17.8. The summed E-state index contributed by atoms with van der Waals surface area (Å²) in [5, 5.41) is 2.69. The number of rotatable bonds is 4. The lowest BCUT2D eigenvalue weighted by molar-refractivity contribution is -0.137. The van der Waals surface area contributed by atoms with E-state index in [-0.39, 0.29) is 11.3 Å². The summed E-state index contributed by atoms with van der Waals surface area (Å²) in [4.78, 5) is 16.7. The topological polar surface area (TPSA) is 51.2 Å². The maximum atomic E-state index is 12.9. The summed E-state index contributed by atoms with van der Waals surface area (Å²) in [6.45, 7) is 3.43. The highest BCUT2D eigenvalue weighted by Gasteiger charge is 2.33. The van der Waals surface area contributed by atoms with Gasteiger partial charge < -0.3 is 10.1 Å². The quantitative estimate of drug-likeness (QED) is 0.923. The summed E-state index contributed by atoms with van der Waals surface area (Å²) in [6, 6.07) is 8.01. The number of nitrogens with one attached hydrogen (secondary N) is 1. The number of halogens is 3. The van der Waals surface area contributed by atoms with Gasteiger partial charge in [-0.15, -0.1) is 0 Å². The van der Waals surface area contributed by atoms with Crippen LogP contribution >= 0.6 is 0 Å². The molecule has 1 N–H and O–H groups in total. The highest BCUT2D eigenvalue weighted by molar-refractivity contribution is 5.97. The number of amides is 1. The summed E-state index contributed by atoms with van der Waals surface area (Å²) < 4.78 is 43.7. The van der Waals surface area contributed by atoms with Gasteiger partial charge in [-0.2, -0.15) is 13.2 Å². The maximum Gasteiger partial charge on any atom is 0.416 e. The van der Waals surface area contributed by atoms with Crippen LogP contribution < -0.4 is 10.1 Å². The number of hydrogen-bond acceptors (Lipinski definition) is 3. The third-order valence-electron chi connectivity index (χ3n) is 3.50. The van der Waals surface area contributed by atoms with E-state index in [4.69, 9.17) is 4.74 Å². The molecule has 1 heterocycles. The molecule has 0 fully saturated rings. The fraction of sp³-hybridized carbons (Fsp3) is 0.294. The van der Waals surface area contributed by atoms with Crippen molar-refractivity contribution in [3.63, 3.8) is 0 Å². The first-order valence-corrected chi connectivity index (χ1v) is 7.14. The zero-order chi connectivity index (χ0) is 18.0. The molecule has 128 valence electrons. The molecule has 1 aromatic carbocycles. The predicted octanol–water partition coefficient (Wildman–Crippen LogP) is 3.77. The Balaban J connectivity index is 2.35. The zero-order valence-corrected chi connectivity index (χ0v) is 13.4. The number of hydrogen-bond donors (Lipinski definition) is 1. The third-order valence-corrected chi connectivity index (χ3v) is 3.50. The summed E-state index contributed by atoms with van der Waals surface area (Å²) in [7, 11) is 1.29. The van der Waals surface area contributed by atoms with E-state index in [1.165, 1.54) is 7.11 Å². The van der Waals surface area contributed by atoms with Gasteiger partial charge in [0.05, 0.1) is 29.5 Å². The molecule has 0 atom stereocenters. The smallest absolute Gasteiger partial charge is 0.416 e. The van der Waals surface area contributed by atoms with E-state index in [1.54, 1.807) is 38.2 Å². The normalized spacial score (nSPS) is 11.9. The largest absolute Gasteiger partial charge is 0.496 e. The number of carbonyl (C=O) groups excluding carboxylic acids is 1. The monoisotopic (exact) mass is 338 g/mol. The Morgan fingerprint density at radius 2 is 1.88 bits per heavy atom. The van der Waals surface area contributed by atoms with Crippen molar-refractivity contribution in [2.24, 2.45) is 0 Å². The molecule has 0 unspecified atom stereocenters. The van der Waals surface area contributed by atoms with Crippen molar-refractivity contribution >= 4 is 5.91 Å². The molecule has 24 heavy (non-hydrogen) atoms. The fourth-order valence-corrected chi connectivity index (χ4v) is 2.21. The van der Waals surface area contributed by atoms with Crippen LogP contribution in [-0.2, 0) is 11.7 Å². The second-order valence-corrected chi connectivity index (χ2v) is 5.71.